The van der Waals surface area contributed by atoms with Crippen molar-refractivity contribution in [2.75, 3.05) is 40.2 Å². The van der Waals surface area contributed by atoms with Crippen LogP contribution in [0.25, 0.3) is 0 Å². The number of para-hydroxylation sites is 3. The largest absolute Gasteiger partial charge is 0.496 e. The van der Waals surface area contributed by atoms with Crippen molar-refractivity contribution in [2.45, 2.75) is 6.04 Å². The zero-order chi connectivity index (χ0) is 18.2. The highest BCUT2D eigenvalue weighted by Crippen LogP contribution is 2.27. The highest BCUT2D eigenvalue weighted by atomic mass is 16.5. The lowest BCUT2D eigenvalue weighted by molar-refractivity contribution is 0.242. The second kappa shape index (κ2) is 8.94. The second-order valence-corrected chi connectivity index (χ2v) is 5.76. The van der Waals surface area contributed by atoms with Gasteiger partial charge in [0.1, 0.15) is 11.5 Å². The van der Waals surface area contributed by atoms with E-state index in [2.05, 4.69) is 10.6 Å². The monoisotopic (exact) mass is 343 g/mol. The van der Waals surface area contributed by atoms with Crippen molar-refractivity contribution in [3.8, 4) is 11.5 Å². The summed E-state index contributed by atoms with van der Waals surface area (Å²) in [6.07, 6.45) is 0. The van der Waals surface area contributed by atoms with Gasteiger partial charge in [-0.1, -0.05) is 30.3 Å². The summed E-state index contributed by atoms with van der Waals surface area (Å²) in [7, 11) is 7.16. The number of anilines is 1. The van der Waals surface area contributed by atoms with Gasteiger partial charge in [-0.3, -0.25) is 0 Å². The summed E-state index contributed by atoms with van der Waals surface area (Å²) in [5, 5.41) is 5.72. The van der Waals surface area contributed by atoms with Crippen LogP contribution in [0.15, 0.2) is 48.5 Å². The molecule has 0 saturated carbocycles. The minimum absolute atomic E-state index is 0.0143. The summed E-state index contributed by atoms with van der Waals surface area (Å²) in [6.45, 7) is 0.439. The third-order valence-corrected chi connectivity index (χ3v) is 3.93. The summed E-state index contributed by atoms with van der Waals surface area (Å²) < 4.78 is 10.7. The molecule has 25 heavy (non-hydrogen) atoms. The summed E-state index contributed by atoms with van der Waals surface area (Å²) >= 11 is 0. The van der Waals surface area contributed by atoms with E-state index in [1.54, 1.807) is 26.4 Å². The maximum atomic E-state index is 12.3. The summed E-state index contributed by atoms with van der Waals surface area (Å²) in [4.78, 5) is 14.3. The van der Waals surface area contributed by atoms with Gasteiger partial charge in [0.05, 0.1) is 25.9 Å². The number of methoxy groups -OCH3 is 2. The molecule has 2 amide bonds. The predicted octanol–water partition coefficient (Wildman–Crippen LogP) is 3.13. The van der Waals surface area contributed by atoms with Crippen LogP contribution in [-0.4, -0.2) is 45.8 Å². The number of nitrogens with one attached hydrogen (secondary N) is 2. The molecule has 0 saturated heterocycles. The lowest BCUT2D eigenvalue weighted by Gasteiger charge is -2.26. The Labute approximate surface area is 148 Å². The van der Waals surface area contributed by atoms with Crippen LogP contribution in [-0.2, 0) is 0 Å². The molecule has 2 rings (SSSR count). The Balaban J connectivity index is 2.05. The molecular weight excluding hydrogens is 318 g/mol. The molecule has 0 fully saturated rings. The number of carbonyl (C=O) groups excluding carboxylic acids is 1. The highest BCUT2D eigenvalue weighted by Gasteiger charge is 2.19. The van der Waals surface area contributed by atoms with Crippen LogP contribution in [0.4, 0.5) is 10.5 Å². The minimum Gasteiger partial charge on any atom is -0.496 e. The number of likely N-dealkylation sites (N-methyl/N-ethyl adjacent to an activating group) is 1. The van der Waals surface area contributed by atoms with Crippen molar-refractivity contribution in [1.82, 2.24) is 10.2 Å². The van der Waals surface area contributed by atoms with Gasteiger partial charge in [0, 0.05) is 12.1 Å². The Morgan fingerprint density at radius 1 is 1.00 bits per heavy atom. The fourth-order valence-corrected chi connectivity index (χ4v) is 2.62. The van der Waals surface area contributed by atoms with Crippen molar-refractivity contribution in [3.63, 3.8) is 0 Å². The molecule has 0 aliphatic carbocycles. The van der Waals surface area contributed by atoms with Gasteiger partial charge in [-0.05, 0) is 32.3 Å². The van der Waals surface area contributed by atoms with Gasteiger partial charge in [-0.2, -0.15) is 0 Å². The van der Waals surface area contributed by atoms with E-state index >= 15 is 0 Å². The first kappa shape index (κ1) is 18.6. The van der Waals surface area contributed by atoms with Crippen molar-refractivity contribution in [1.29, 1.82) is 0 Å². The first-order chi connectivity index (χ1) is 12.1. The van der Waals surface area contributed by atoms with E-state index in [1.807, 2.05) is 55.4 Å². The molecule has 2 aromatic rings. The topological polar surface area (TPSA) is 62.8 Å². The quantitative estimate of drug-likeness (QED) is 0.811. The Morgan fingerprint density at radius 3 is 2.24 bits per heavy atom. The SMILES string of the molecule is COc1ccccc1NC(=O)NCC(c1ccccc1OC)N(C)C. The number of urea groups is 1. The van der Waals surface area contributed by atoms with Crippen molar-refractivity contribution in [3.05, 3.63) is 54.1 Å². The summed E-state index contributed by atoms with van der Waals surface area (Å²) in [5.74, 6) is 1.42. The normalized spacial score (nSPS) is 11.7. The van der Waals surface area contributed by atoms with Crippen LogP contribution in [0.1, 0.15) is 11.6 Å². The molecule has 6 nitrogen and oxygen atoms in total. The zero-order valence-corrected chi connectivity index (χ0v) is 15.1. The molecule has 0 aliphatic rings. The molecule has 6 heteroatoms. The molecular formula is C19H25N3O3. The number of nitrogens with zero attached hydrogens (tertiary/aromatic N) is 1. The third kappa shape index (κ3) is 4.87. The van der Waals surface area contributed by atoms with Crippen LogP contribution in [0.3, 0.4) is 0 Å². The smallest absolute Gasteiger partial charge is 0.319 e. The number of benzene rings is 2. The molecule has 2 aromatic carbocycles. The van der Waals surface area contributed by atoms with Gasteiger partial charge in [0.15, 0.2) is 0 Å². The first-order valence-corrected chi connectivity index (χ1v) is 8.04. The molecule has 1 atom stereocenters. The van der Waals surface area contributed by atoms with E-state index in [-0.39, 0.29) is 12.1 Å². The molecule has 2 N–H and O–H groups in total. The molecule has 0 bridgehead atoms. The first-order valence-electron chi connectivity index (χ1n) is 8.04. The highest BCUT2D eigenvalue weighted by molar-refractivity contribution is 5.90. The van der Waals surface area contributed by atoms with Gasteiger partial charge < -0.3 is 25.0 Å². The summed E-state index contributed by atoms with van der Waals surface area (Å²) in [6, 6.07) is 14.8. The van der Waals surface area contributed by atoms with E-state index in [9.17, 15) is 4.79 Å². The van der Waals surface area contributed by atoms with Crippen molar-refractivity contribution in [2.24, 2.45) is 0 Å². The number of amides is 2. The Bertz CT molecular complexity index is 704. The van der Waals surface area contributed by atoms with E-state index in [4.69, 9.17) is 9.47 Å². The standard InChI is InChI=1S/C19H25N3O3/c1-22(2)16(14-9-5-7-11-17(14)24-3)13-20-19(23)21-15-10-6-8-12-18(15)25-4/h5-12,16H,13H2,1-4H3,(H2,20,21,23). The van der Waals surface area contributed by atoms with Gasteiger partial charge in [0.25, 0.3) is 0 Å². The van der Waals surface area contributed by atoms with Gasteiger partial charge in [-0.25, -0.2) is 4.79 Å². The van der Waals surface area contributed by atoms with Gasteiger partial charge in [0.2, 0.25) is 0 Å². The molecule has 0 heterocycles. The molecule has 134 valence electrons. The third-order valence-electron chi connectivity index (χ3n) is 3.93. The second-order valence-electron chi connectivity index (χ2n) is 5.76. The Kier molecular flexibility index (Phi) is 6.65. The molecule has 0 spiro atoms. The Morgan fingerprint density at radius 2 is 1.60 bits per heavy atom. The van der Waals surface area contributed by atoms with Crippen LogP contribution < -0.4 is 20.1 Å². The minimum atomic E-state index is -0.286. The number of hydrogen-bond donors (Lipinski definition) is 2. The van der Waals surface area contributed by atoms with E-state index < -0.39 is 0 Å². The lowest BCUT2D eigenvalue weighted by Crippen LogP contribution is -2.37. The van der Waals surface area contributed by atoms with Crippen molar-refractivity contribution >= 4 is 11.7 Å². The van der Waals surface area contributed by atoms with E-state index in [0.717, 1.165) is 11.3 Å². The lowest BCUT2D eigenvalue weighted by atomic mass is 10.0. The number of carbonyl (C=O) groups is 1. The van der Waals surface area contributed by atoms with E-state index in [0.29, 0.717) is 18.0 Å². The van der Waals surface area contributed by atoms with E-state index in [1.165, 1.54) is 0 Å². The molecule has 0 aromatic heterocycles. The van der Waals surface area contributed by atoms with Crippen LogP contribution in [0, 0.1) is 0 Å². The average Bonchev–Trinajstić information content (AvgIpc) is 2.62. The fourth-order valence-electron chi connectivity index (χ4n) is 2.62. The number of hydrogen-bond acceptors (Lipinski definition) is 4. The van der Waals surface area contributed by atoms with Crippen molar-refractivity contribution < 1.29 is 14.3 Å². The average molecular weight is 343 g/mol. The molecule has 0 radical (unpaired) electrons. The predicted molar refractivity (Wildman–Crippen MR) is 99.4 cm³/mol. The summed E-state index contributed by atoms with van der Waals surface area (Å²) in [5.41, 5.74) is 1.65. The number of ether oxygens (including phenoxy) is 2. The van der Waals surface area contributed by atoms with Crippen LogP contribution >= 0.6 is 0 Å². The molecule has 1 unspecified atom stereocenters. The van der Waals surface area contributed by atoms with Crippen LogP contribution in [0.2, 0.25) is 0 Å². The van der Waals surface area contributed by atoms with Gasteiger partial charge >= 0.3 is 6.03 Å². The molecule has 0 aliphatic heterocycles. The zero-order valence-electron chi connectivity index (χ0n) is 15.1. The maximum Gasteiger partial charge on any atom is 0.319 e. The fraction of sp³-hybridized carbons (Fsp3) is 0.316. The maximum absolute atomic E-state index is 12.3. The van der Waals surface area contributed by atoms with Crippen LogP contribution in [0.5, 0.6) is 11.5 Å². The van der Waals surface area contributed by atoms with Gasteiger partial charge in [-0.15, -0.1) is 0 Å². The number of rotatable bonds is 7. The Hall–Kier alpha value is -2.73.